The van der Waals surface area contributed by atoms with Crippen LogP contribution in [0.2, 0.25) is 0 Å². The number of carboxylic acids is 1. The third-order valence-corrected chi connectivity index (χ3v) is 2.20. The number of aldehydes is 1. The molecule has 0 amide bonds. The maximum atomic E-state index is 10.7. The van der Waals surface area contributed by atoms with Gasteiger partial charge in [0.15, 0.2) is 12.2 Å². The van der Waals surface area contributed by atoms with Gasteiger partial charge in [-0.25, -0.2) is 0 Å². The number of nitrogens with zero attached hydrogens (tertiary/aromatic N) is 1. The molecule has 0 saturated carbocycles. The Morgan fingerprint density at radius 3 is 2.80 bits per heavy atom. The molecule has 1 rings (SSSR count). The van der Waals surface area contributed by atoms with Crippen LogP contribution in [0, 0.1) is 6.92 Å². The second-order valence-corrected chi connectivity index (χ2v) is 3.34. The molecule has 15 heavy (non-hydrogen) atoms. The van der Waals surface area contributed by atoms with Gasteiger partial charge in [-0.2, -0.15) is 0 Å². The molecule has 5 heteroatoms. The molecule has 2 N–H and O–H groups in total. The third-order valence-electron chi connectivity index (χ3n) is 2.20. The van der Waals surface area contributed by atoms with Crippen LogP contribution in [0.5, 0.6) is 5.88 Å². The van der Waals surface area contributed by atoms with E-state index in [0.717, 1.165) is 0 Å². The Morgan fingerprint density at radius 2 is 2.27 bits per heavy atom. The number of aliphatic carboxylic acids is 1. The maximum Gasteiger partial charge on any atom is 0.303 e. The summed E-state index contributed by atoms with van der Waals surface area (Å²) < 4.78 is 1.42. The average molecular weight is 211 g/mol. The molecule has 0 aliphatic rings. The van der Waals surface area contributed by atoms with Crippen LogP contribution in [0.25, 0.3) is 0 Å². The molecule has 0 bridgehead atoms. The van der Waals surface area contributed by atoms with E-state index in [2.05, 4.69) is 0 Å². The van der Waals surface area contributed by atoms with Gasteiger partial charge in [0.2, 0.25) is 0 Å². The first-order chi connectivity index (χ1) is 7.06. The number of aromatic hydroxyl groups is 1. The van der Waals surface area contributed by atoms with Crippen molar-refractivity contribution >= 4 is 12.3 Å². The molecule has 0 aromatic carbocycles. The highest BCUT2D eigenvalue weighted by molar-refractivity contribution is 5.75. The fourth-order valence-corrected chi connectivity index (χ4v) is 1.46. The van der Waals surface area contributed by atoms with Crippen molar-refractivity contribution in [1.29, 1.82) is 0 Å². The summed E-state index contributed by atoms with van der Waals surface area (Å²) >= 11 is 0. The topological polar surface area (TPSA) is 79.5 Å². The molecule has 5 nitrogen and oxygen atoms in total. The number of carbonyl (C=O) groups excluding carboxylic acids is 1. The summed E-state index contributed by atoms with van der Waals surface area (Å²) in [5, 5.41) is 17.9. The van der Waals surface area contributed by atoms with Crippen molar-refractivity contribution in [2.45, 2.75) is 26.3 Å². The van der Waals surface area contributed by atoms with Crippen LogP contribution in [0.15, 0.2) is 6.07 Å². The molecule has 1 aromatic rings. The van der Waals surface area contributed by atoms with Gasteiger partial charge in [-0.1, -0.05) is 0 Å². The number of hydrogen-bond donors (Lipinski definition) is 2. The van der Waals surface area contributed by atoms with E-state index in [4.69, 9.17) is 5.11 Å². The summed E-state index contributed by atoms with van der Waals surface area (Å²) in [4.78, 5) is 21.0. The Labute approximate surface area is 87.0 Å². The van der Waals surface area contributed by atoms with Gasteiger partial charge in [-0.15, -0.1) is 0 Å². The molecular weight excluding hydrogens is 198 g/mol. The van der Waals surface area contributed by atoms with Crippen molar-refractivity contribution in [3.05, 3.63) is 17.3 Å². The van der Waals surface area contributed by atoms with Gasteiger partial charge in [0.05, 0.1) is 5.69 Å². The van der Waals surface area contributed by atoms with Crippen LogP contribution in [-0.4, -0.2) is 27.0 Å². The smallest absolute Gasteiger partial charge is 0.303 e. The van der Waals surface area contributed by atoms with Crippen molar-refractivity contribution in [3.63, 3.8) is 0 Å². The van der Waals surface area contributed by atoms with Crippen molar-refractivity contribution in [2.75, 3.05) is 0 Å². The largest absolute Gasteiger partial charge is 0.494 e. The first-order valence-corrected chi connectivity index (χ1v) is 4.62. The van der Waals surface area contributed by atoms with Crippen molar-refractivity contribution in [3.8, 4) is 5.88 Å². The minimum atomic E-state index is -0.883. The zero-order valence-electron chi connectivity index (χ0n) is 8.43. The maximum absolute atomic E-state index is 10.7. The molecule has 0 spiro atoms. The van der Waals surface area contributed by atoms with Gasteiger partial charge in [-0.3, -0.25) is 9.59 Å². The van der Waals surface area contributed by atoms with Crippen molar-refractivity contribution in [2.24, 2.45) is 0 Å². The number of carboxylic acid groups (broad SMARTS) is 1. The van der Waals surface area contributed by atoms with E-state index >= 15 is 0 Å². The SMILES string of the molecule is Cc1cc(O)n(CCCC(=O)O)c1C=O. The zero-order valence-corrected chi connectivity index (χ0v) is 8.43. The lowest BCUT2D eigenvalue weighted by Gasteiger charge is -2.05. The molecule has 82 valence electrons. The lowest BCUT2D eigenvalue weighted by molar-refractivity contribution is -0.137. The van der Waals surface area contributed by atoms with Crippen molar-refractivity contribution < 1.29 is 19.8 Å². The van der Waals surface area contributed by atoms with Gasteiger partial charge in [-0.05, 0) is 18.9 Å². The van der Waals surface area contributed by atoms with Gasteiger partial charge in [0.25, 0.3) is 0 Å². The Morgan fingerprint density at radius 1 is 1.60 bits per heavy atom. The Hall–Kier alpha value is -1.78. The standard InChI is InChI=1S/C10H13NO4/c1-7-5-9(13)11(8(7)6-12)4-2-3-10(14)15/h5-6,13H,2-4H2,1H3,(H,14,15). The predicted molar refractivity (Wildman–Crippen MR) is 53.1 cm³/mol. The Balaban J connectivity index is 2.75. The van der Waals surface area contributed by atoms with E-state index < -0.39 is 5.97 Å². The fourth-order valence-electron chi connectivity index (χ4n) is 1.46. The third kappa shape index (κ3) is 2.59. The normalized spacial score (nSPS) is 10.2. The van der Waals surface area contributed by atoms with Crippen LogP contribution >= 0.6 is 0 Å². The minimum Gasteiger partial charge on any atom is -0.494 e. The van der Waals surface area contributed by atoms with E-state index in [1.807, 2.05) is 0 Å². The molecule has 0 saturated heterocycles. The molecular formula is C10H13NO4. The highest BCUT2D eigenvalue weighted by Gasteiger charge is 2.10. The van der Waals surface area contributed by atoms with Gasteiger partial charge in [0.1, 0.15) is 0 Å². The van der Waals surface area contributed by atoms with Crippen LogP contribution in [0.4, 0.5) is 0 Å². The van der Waals surface area contributed by atoms with E-state index in [1.165, 1.54) is 10.6 Å². The fraction of sp³-hybridized carbons (Fsp3) is 0.400. The quantitative estimate of drug-likeness (QED) is 0.717. The lowest BCUT2D eigenvalue weighted by atomic mass is 10.3. The molecule has 1 aromatic heterocycles. The second-order valence-electron chi connectivity index (χ2n) is 3.34. The monoisotopic (exact) mass is 211 g/mol. The summed E-state index contributed by atoms with van der Waals surface area (Å²) in [5.74, 6) is -0.883. The van der Waals surface area contributed by atoms with Crippen LogP contribution < -0.4 is 0 Å². The lowest BCUT2D eigenvalue weighted by Crippen LogP contribution is -2.05. The molecule has 0 aliphatic heterocycles. The summed E-state index contributed by atoms with van der Waals surface area (Å²) in [6.45, 7) is 2.05. The van der Waals surface area contributed by atoms with E-state index in [0.29, 0.717) is 30.5 Å². The summed E-state index contributed by atoms with van der Waals surface area (Å²) in [7, 11) is 0. The van der Waals surface area contributed by atoms with Gasteiger partial charge in [0, 0.05) is 19.0 Å². The Bertz CT molecular complexity index is 381. The number of rotatable bonds is 5. The highest BCUT2D eigenvalue weighted by Crippen LogP contribution is 2.20. The van der Waals surface area contributed by atoms with E-state index in [-0.39, 0.29) is 12.3 Å². The second kappa shape index (κ2) is 4.63. The highest BCUT2D eigenvalue weighted by atomic mass is 16.4. The number of carbonyl (C=O) groups is 2. The molecule has 0 fully saturated rings. The van der Waals surface area contributed by atoms with Crippen LogP contribution in [0.3, 0.4) is 0 Å². The van der Waals surface area contributed by atoms with Gasteiger partial charge < -0.3 is 14.8 Å². The molecule has 0 radical (unpaired) electrons. The first-order valence-electron chi connectivity index (χ1n) is 4.62. The Kier molecular flexibility index (Phi) is 3.49. The van der Waals surface area contributed by atoms with Gasteiger partial charge >= 0.3 is 5.97 Å². The van der Waals surface area contributed by atoms with E-state index in [9.17, 15) is 14.7 Å². The number of hydrogen-bond acceptors (Lipinski definition) is 3. The number of aryl methyl sites for hydroxylation is 1. The average Bonchev–Trinajstić information content (AvgIpc) is 2.41. The molecule has 0 aliphatic carbocycles. The van der Waals surface area contributed by atoms with Crippen LogP contribution in [0.1, 0.15) is 28.9 Å². The summed E-state index contributed by atoms with van der Waals surface area (Å²) in [5.41, 5.74) is 1.09. The molecule has 0 atom stereocenters. The summed E-state index contributed by atoms with van der Waals surface area (Å²) in [6, 6.07) is 1.49. The minimum absolute atomic E-state index is 0.0000104. The van der Waals surface area contributed by atoms with Crippen LogP contribution in [-0.2, 0) is 11.3 Å². The molecule has 1 heterocycles. The first kappa shape index (κ1) is 11.3. The predicted octanol–water partition coefficient (Wildman–Crippen LogP) is 1.18. The number of aromatic nitrogens is 1. The summed E-state index contributed by atoms with van der Waals surface area (Å²) in [6.07, 6.45) is 1.07. The molecule has 0 unspecified atom stereocenters. The van der Waals surface area contributed by atoms with Crippen molar-refractivity contribution in [1.82, 2.24) is 4.57 Å². The zero-order chi connectivity index (χ0) is 11.4. The van der Waals surface area contributed by atoms with E-state index in [1.54, 1.807) is 6.92 Å².